The summed E-state index contributed by atoms with van der Waals surface area (Å²) in [5, 5.41) is 1.47. The molecule has 134 valence electrons. The van der Waals surface area contributed by atoms with Gasteiger partial charge < -0.3 is 0 Å². The first kappa shape index (κ1) is 18.3. The van der Waals surface area contributed by atoms with Crippen molar-refractivity contribution in [1.82, 2.24) is 24.5 Å². The molecule has 0 saturated heterocycles. The summed E-state index contributed by atoms with van der Waals surface area (Å²) in [7, 11) is 0. The predicted octanol–water partition coefficient (Wildman–Crippen LogP) is 4.04. The molecule has 4 rings (SSSR count). The van der Waals surface area contributed by atoms with E-state index >= 15 is 0 Å². The molecule has 0 amide bonds. The van der Waals surface area contributed by atoms with Crippen LogP contribution in [-0.4, -0.2) is 24.5 Å². The lowest BCUT2D eigenvalue weighted by Crippen LogP contribution is -2.21. The minimum Gasteiger partial charge on any atom is -0.294 e. The molecule has 0 atom stereocenters. The maximum Gasteiger partial charge on any atom is 0.263 e. The van der Waals surface area contributed by atoms with Crippen LogP contribution in [0.4, 0.5) is 0 Å². The van der Waals surface area contributed by atoms with E-state index < -0.39 is 0 Å². The van der Waals surface area contributed by atoms with Crippen molar-refractivity contribution in [1.29, 1.82) is 0 Å². The van der Waals surface area contributed by atoms with E-state index in [4.69, 9.17) is 11.6 Å². The molecule has 0 fully saturated rings. The Labute approximate surface area is 177 Å². The average molecular weight is 508 g/mol. The van der Waals surface area contributed by atoms with E-state index in [0.29, 0.717) is 27.5 Å². The number of hydrogen-bond acceptors (Lipinski definition) is 6. The van der Waals surface area contributed by atoms with E-state index in [9.17, 15) is 4.79 Å². The third-order valence-corrected chi connectivity index (χ3v) is 5.82. The van der Waals surface area contributed by atoms with Gasteiger partial charge in [0.25, 0.3) is 5.56 Å². The lowest BCUT2D eigenvalue weighted by Gasteiger charge is -2.10. The van der Waals surface area contributed by atoms with Crippen LogP contribution in [0.3, 0.4) is 0 Å². The van der Waals surface area contributed by atoms with Crippen molar-refractivity contribution < 1.29 is 0 Å². The quantitative estimate of drug-likeness (QED) is 0.388. The van der Waals surface area contributed by atoms with Crippen LogP contribution in [-0.2, 0) is 6.54 Å². The molecular weight excluding hydrogens is 497 g/mol. The number of hydrogen-bond donors (Lipinski definition) is 0. The Morgan fingerprint density at radius 3 is 2.74 bits per heavy atom. The van der Waals surface area contributed by atoms with Crippen molar-refractivity contribution in [3.05, 3.63) is 80.0 Å². The third-order valence-electron chi connectivity index (χ3n) is 3.78. The molecule has 9 heteroatoms. The van der Waals surface area contributed by atoms with E-state index in [-0.39, 0.29) is 5.56 Å². The molecule has 1 aromatic carbocycles. The highest BCUT2D eigenvalue weighted by molar-refractivity contribution is 14.1. The number of rotatable bonds is 4. The summed E-state index contributed by atoms with van der Waals surface area (Å²) in [6, 6.07) is 7.37. The van der Waals surface area contributed by atoms with E-state index in [1.165, 1.54) is 22.7 Å². The minimum atomic E-state index is -0.190. The van der Waals surface area contributed by atoms with Crippen molar-refractivity contribution in [3.8, 4) is 0 Å². The summed E-state index contributed by atoms with van der Waals surface area (Å²) in [5.41, 5.74) is 1.28. The van der Waals surface area contributed by atoms with Gasteiger partial charge in [-0.25, -0.2) is 15.0 Å². The first-order valence-corrected chi connectivity index (χ1v) is 10.1. The molecule has 0 saturated carbocycles. The molecule has 3 heterocycles. The molecule has 0 bridgehead atoms. The second-order valence-corrected chi connectivity index (χ2v) is 8.14. The fourth-order valence-corrected chi connectivity index (χ4v) is 3.93. The maximum atomic E-state index is 13.0. The summed E-state index contributed by atoms with van der Waals surface area (Å²) < 4.78 is 2.34. The second kappa shape index (κ2) is 7.91. The average Bonchev–Trinajstić information content (AvgIpc) is 2.68. The highest BCUT2D eigenvalue weighted by Gasteiger charge is 2.14. The zero-order valence-corrected chi connectivity index (χ0v) is 17.4. The van der Waals surface area contributed by atoms with Crippen molar-refractivity contribution >= 4 is 56.9 Å². The summed E-state index contributed by atoms with van der Waals surface area (Å²) in [4.78, 5) is 30.7. The molecule has 4 aromatic rings. The Morgan fingerprint density at radius 2 is 2.00 bits per heavy atom. The minimum absolute atomic E-state index is 0.190. The predicted molar refractivity (Wildman–Crippen MR) is 113 cm³/mol. The zero-order chi connectivity index (χ0) is 18.8. The number of halogens is 2. The Hall–Kier alpha value is -2.04. The molecule has 0 radical (unpaired) electrons. The standard InChI is InChI=1S/C18H11ClIN5OS/c19-17-13(27-15-8-22-14(20)7-23-15)4-3-12-16(17)18(26)25(10-24-12)9-11-2-1-5-21-6-11/h1-8,10H,9H2. The van der Waals surface area contributed by atoms with Gasteiger partial charge in [-0.2, -0.15) is 0 Å². The van der Waals surface area contributed by atoms with Crippen LogP contribution in [0.5, 0.6) is 0 Å². The lowest BCUT2D eigenvalue weighted by atomic mass is 10.2. The smallest absolute Gasteiger partial charge is 0.263 e. The number of pyridine rings is 1. The summed E-state index contributed by atoms with van der Waals surface area (Å²) in [6.45, 7) is 0.381. The van der Waals surface area contributed by atoms with Crippen LogP contribution in [0.25, 0.3) is 10.9 Å². The molecule has 0 spiro atoms. The van der Waals surface area contributed by atoms with Crippen molar-refractivity contribution in [3.63, 3.8) is 0 Å². The molecule has 0 unspecified atom stereocenters. The Bertz CT molecular complexity index is 1170. The molecular formula is C18H11ClIN5OS. The van der Waals surface area contributed by atoms with E-state index in [1.54, 1.807) is 30.9 Å². The van der Waals surface area contributed by atoms with Gasteiger partial charge in [0.05, 0.1) is 41.2 Å². The fraction of sp³-hybridized carbons (Fsp3) is 0.0556. The van der Waals surface area contributed by atoms with Crippen molar-refractivity contribution in [2.45, 2.75) is 16.5 Å². The number of nitrogens with zero attached hydrogens (tertiary/aromatic N) is 5. The third kappa shape index (κ3) is 3.97. The highest BCUT2D eigenvalue weighted by atomic mass is 127. The first-order chi connectivity index (χ1) is 13.1. The van der Waals surface area contributed by atoms with Crippen LogP contribution >= 0.6 is 46.0 Å². The van der Waals surface area contributed by atoms with Gasteiger partial charge in [-0.3, -0.25) is 14.3 Å². The Kier molecular flexibility index (Phi) is 5.37. The van der Waals surface area contributed by atoms with Gasteiger partial charge in [0.1, 0.15) is 8.73 Å². The van der Waals surface area contributed by atoms with Gasteiger partial charge >= 0.3 is 0 Å². The largest absolute Gasteiger partial charge is 0.294 e. The first-order valence-electron chi connectivity index (χ1n) is 7.84. The molecule has 6 nitrogen and oxygen atoms in total. The summed E-state index contributed by atoms with van der Waals surface area (Å²) in [5.74, 6) is 0. The SMILES string of the molecule is O=c1c2c(Cl)c(Sc3cnc(I)cn3)ccc2ncn1Cc1cccnc1. The van der Waals surface area contributed by atoms with Gasteiger partial charge in [0.15, 0.2) is 0 Å². The van der Waals surface area contributed by atoms with Gasteiger partial charge in [-0.1, -0.05) is 29.4 Å². The number of benzene rings is 1. The molecule has 3 aromatic heterocycles. The van der Waals surface area contributed by atoms with Crippen LogP contribution in [0.2, 0.25) is 5.02 Å². The summed E-state index contributed by atoms with van der Waals surface area (Å²) >= 11 is 10.0. The highest BCUT2D eigenvalue weighted by Crippen LogP contribution is 2.35. The molecule has 0 aliphatic carbocycles. The van der Waals surface area contributed by atoms with Crippen molar-refractivity contribution in [2.75, 3.05) is 0 Å². The monoisotopic (exact) mass is 507 g/mol. The number of aromatic nitrogens is 5. The van der Waals surface area contributed by atoms with E-state index in [2.05, 4.69) is 42.5 Å². The van der Waals surface area contributed by atoms with E-state index in [0.717, 1.165) is 14.2 Å². The van der Waals surface area contributed by atoms with Gasteiger partial charge in [-0.15, -0.1) is 0 Å². The molecule has 27 heavy (non-hydrogen) atoms. The van der Waals surface area contributed by atoms with Crippen LogP contribution in [0, 0.1) is 3.70 Å². The van der Waals surface area contributed by atoms with Gasteiger partial charge in [0.2, 0.25) is 0 Å². The number of fused-ring (bicyclic) bond motifs is 1. The van der Waals surface area contributed by atoms with Crippen LogP contribution < -0.4 is 5.56 Å². The molecule has 0 aliphatic heterocycles. The topological polar surface area (TPSA) is 73.6 Å². The van der Waals surface area contributed by atoms with E-state index in [1.807, 2.05) is 18.2 Å². The van der Waals surface area contributed by atoms with Crippen LogP contribution in [0.1, 0.15) is 5.56 Å². The molecule has 0 N–H and O–H groups in total. The molecule has 0 aliphatic rings. The van der Waals surface area contributed by atoms with Gasteiger partial charge in [-0.05, 0) is 46.4 Å². The lowest BCUT2D eigenvalue weighted by molar-refractivity contribution is 0.745. The zero-order valence-electron chi connectivity index (χ0n) is 13.7. The maximum absolute atomic E-state index is 13.0. The normalized spacial score (nSPS) is 11.0. The summed E-state index contributed by atoms with van der Waals surface area (Å²) in [6.07, 6.45) is 8.31. The Morgan fingerprint density at radius 1 is 1.11 bits per heavy atom. The second-order valence-electron chi connectivity index (χ2n) is 5.59. The van der Waals surface area contributed by atoms with Crippen LogP contribution in [0.15, 0.2) is 70.1 Å². The van der Waals surface area contributed by atoms with Crippen molar-refractivity contribution in [2.24, 2.45) is 0 Å². The Balaban J connectivity index is 1.75. The fourth-order valence-electron chi connectivity index (χ4n) is 2.53. The van der Waals surface area contributed by atoms with Gasteiger partial charge in [0, 0.05) is 17.3 Å².